The van der Waals surface area contributed by atoms with Gasteiger partial charge in [-0.3, -0.25) is 10.1 Å². The summed E-state index contributed by atoms with van der Waals surface area (Å²) in [4.78, 5) is 30.1. The number of hydrogen-bond acceptors (Lipinski definition) is 3. The third kappa shape index (κ3) is 4.63. The lowest BCUT2D eigenvalue weighted by Gasteiger charge is -2.42. The Balaban J connectivity index is 1.69. The van der Waals surface area contributed by atoms with Crippen molar-refractivity contribution < 1.29 is 14.8 Å². The van der Waals surface area contributed by atoms with Gasteiger partial charge in [-0.2, -0.15) is 5.06 Å². The first-order valence-corrected chi connectivity index (χ1v) is 11.9. The van der Waals surface area contributed by atoms with Crippen LogP contribution in [-0.4, -0.2) is 45.0 Å². The Bertz CT molecular complexity index is 1010. The summed E-state index contributed by atoms with van der Waals surface area (Å²) >= 11 is 12.0. The number of amides is 4. The van der Waals surface area contributed by atoms with Crippen LogP contribution in [0.25, 0.3) is 0 Å². The number of rotatable bonds is 4. The molecule has 1 saturated carbocycles. The maximum absolute atomic E-state index is 13.8. The quantitative estimate of drug-likeness (QED) is 0.374. The summed E-state index contributed by atoms with van der Waals surface area (Å²) in [5.41, 5.74) is 0.178. The van der Waals surface area contributed by atoms with Crippen molar-refractivity contribution in [3.63, 3.8) is 0 Å². The Morgan fingerprint density at radius 2 is 1.55 bits per heavy atom. The second-order valence-corrected chi connectivity index (χ2v) is 9.97. The fourth-order valence-corrected chi connectivity index (χ4v) is 5.21. The van der Waals surface area contributed by atoms with Crippen LogP contribution in [0.4, 0.5) is 21.0 Å². The Hall–Kier alpha value is -2.48. The van der Waals surface area contributed by atoms with Crippen molar-refractivity contribution >= 4 is 46.6 Å². The molecule has 0 bridgehead atoms. The van der Waals surface area contributed by atoms with E-state index in [0.29, 0.717) is 26.5 Å². The van der Waals surface area contributed by atoms with Crippen molar-refractivity contribution in [2.45, 2.75) is 63.7 Å². The molecular weight excluding hydrogens is 463 g/mol. The highest BCUT2D eigenvalue weighted by Gasteiger charge is 2.57. The van der Waals surface area contributed by atoms with Gasteiger partial charge in [-0.1, -0.05) is 42.5 Å². The lowest BCUT2D eigenvalue weighted by molar-refractivity contribution is -0.0986. The minimum absolute atomic E-state index is 0.0498. The van der Waals surface area contributed by atoms with Crippen LogP contribution in [0.1, 0.15) is 46.0 Å². The second kappa shape index (κ2) is 9.41. The predicted octanol–water partition coefficient (Wildman–Crippen LogP) is 6.60. The fourth-order valence-electron chi connectivity index (χ4n) is 4.96. The Morgan fingerprint density at radius 3 is 2.12 bits per heavy atom. The summed E-state index contributed by atoms with van der Waals surface area (Å²) in [6.45, 7) is 3.78. The molecule has 4 rings (SSSR count). The summed E-state index contributed by atoms with van der Waals surface area (Å²) in [5.74, 6) is 0. The highest BCUT2D eigenvalue weighted by Crippen LogP contribution is 2.42. The molecule has 9 heteroatoms. The van der Waals surface area contributed by atoms with Gasteiger partial charge in [-0.15, -0.1) is 0 Å². The number of hydroxylamine groups is 2. The average Bonchev–Trinajstić information content (AvgIpc) is 3.00. The highest BCUT2D eigenvalue weighted by atomic mass is 35.5. The standard InChI is InChI=1S/C24H28Cl2N4O3/c1-24(2)21(30(33)22(31)27-18-12-8-16(25)9-13-18)28(19-14-10-17(26)11-15-19)23(32)29(24)20-6-4-3-5-7-20/h8-15,20-21,33H,3-7H2,1-2H3,(H,27,31)/t21-/m0/s1. The molecule has 1 saturated heterocycles. The first-order chi connectivity index (χ1) is 15.7. The average molecular weight is 491 g/mol. The van der Waals surface area contributed by atoms with Crippen LogP contribution in [0.15, 0.2) is 48.5 Å². The monoisotopic (exact) mass is 490 g/mol. The molecule has 176 valence electrons. The molecule has 0 spiro atoms. The molecule has 1 aliphatic heterocycles. The van der Waals surface area contributed by atoms with Crippen LogP contribution in [0.3, 0.4) is 0 Å². The zero-order valence-electron chi connectivity index (χ0n) is 18.7. The molecule has 1 aliphatic carbocycles. The maximum Gasteiger partial charge on any atom is 0.347 e. The van der Waals surface area contributed by atoms with Crippen molar-refractivity contribution in [3.05, 3.63) is 58.6 Å². The van der Waals surface area contributed by atoms with Gasteiger partial charge >= 0.3 is 12.1 Å². The Morgan fingerprint density at radius 1 is 1.00 bits per heavy atom. The Labute approximate surface area is 203 Å². The molecule has 33 heavy (non-hydrogen) atoms. The van der Waals surface area contributed by atoms with Gasteiger partial charge in [0.15, 0.2) is 6.17 Å². The molecule has 0 radical (unpaired) electrons. The fraction of sp³-hybridized carbons (Fsp3) is 0.417. The van der Waals surface area contributed by atoms with E-state index < -0.39 is 17.7 Å². The SMILES string of the molecule is CC1(C)[C@H](N(O)C(=O)Nc2ccc(Cl)cc2)N(c2ccc(Cl)cc2)C(=O)N1C1CCCCC1. The van der Waals surface area contributed by atoms with E-state index in [-0.39, 0.29) is 12.1 Å². The van der Waals surface area contributed by atoms with Crippen molar-refractivity contribution in [3.8, 4) is 0 Å². The van der Waals surface area contributed by atoms with Gasteiger partial charge < -0.3 is 10.2 Å². The van der Waals surface area contributed by atoms with Crippen LogP contribution < -0.4 is 10.2 Å². The molecule has 1 heterocycles. The van der Waals surface area contributed by atoms with Crippen LogP contribution >= 0.6 is 23.2 Å². The van der Waals surface area contributed by atoms with Crippen LogP contribution in [0.2, 0.25) is 10.0 Å². The first kappa shape index (κ1) is 23.7. The van der Waals surface area contributed by atoms with E-state index in [9.17, 15) is 14.8 Å². The van der Waals surface area contributed by atoms with Crippen LogP contribution in [0.5, 0.6) is 0 Å². The molecule has 2 N–H and O–H groups in total. The van der Waals surface area contributed by atoms with Gasteiger partial charge in [0.1, 0.15) is 0 Å². The molecule has 7 nitrogen and oxygen atoms in total. The largest absolute Gasteiger partial charge is 0.347 e. The summed E-state index contributed by atoms with van der Waals surface area (Å²) in [6, 6.07) is 12.5. The van der Waals surface area contributed by atoms with E-state index in [1.54, 1.807) is 48.5 Å². The lowest BCUT2D eigenvalue weighted by Crippen LogP contribution is -2.59. The van der Waals surface area contributed by atoms with E-state index in [1.165, 1.54) is 4.90 Å². The molecule has 1 atom stereocenters. The molecule has 2 aliphatic rings. The predicted molar refractivity (Wildman–Crippen MR) is 130 cm³/mol. The minimum Gasteiger partial charge on any atom is -0.312 e. The molecule has 2 fully saturated rings. The van der Waals surface area contributed by atoms with E-state index >= 15 is 0 Å². The summed E-state index contributed by atoms with van der Waals surface area (Å²) < 4.78 is 0. The number of anilines is 2. The second-order valence-electron chi connectivity index (χ2n) is 9.10. The summed E-state index contributed by atoms with van der Waals surface area (Å²) in [5, 5.41) is 15.5. The van der Waals surface area contributed by atoms with Crippen LogP contribution in [-0.2, 0) is 0 Å². The van der Waals surface area contributed by atoms with E-state index in [1.807, 2.05) is 18.7 Å². The number of hydrogen-bond donors (Lipinski definition) is 2. The summed E-state index contributed by atoms with van der Waals surface area (Å²) in [6.07, 6.45) is 4.10. The van der Waals surface area contributed by atoms with E-state index in [4.69, 9.17) is 23.2 Å². The number of benzene rings is 2. The number of carbonyl (C=O) groups excluding carboxylic acids is 2. The molecule has 4 amide bonds. The van der Waals surface area contributed by atoms with E-state index in [0.717, 1.165) is 32.1 Å². The molecule has 0 unspecified atom stereocenters. The number of nitrogens with one attached hydrogen (secondary N) is 1. The Kier molecular flexibility index (Phi) is 6.75. The number of carbonyl (C=O) groups is 2. The zero-order chi connectivity index (χ0) is 23.8. The number of urea groups is 2. The van der Waals surface area contributed by atoms with Crippen molar-refractivity contribution in [2.75, 3.05) is 10.2 Å². The van der Waals surface area contributed by atoms with E-state index in [2.05, 4.69) is 5.32 Å². The third-order valence-electron chi connectivity index (χ3n) is 6.49. The number of halogens is 2. The molecular formula is C24H28Cl2N4O3. The zero-order valence-corrected chi connectivity index (χ0v) is 20.2. The van der Waals surface area contributed by atoms with Gasteiger partial charge in [0.25, 0.3) is 0 Å². The smallest absolute Gasteiger partial charge is 0.312 e. The van der Waals surface area contributed by atoms with Gasteiger partial charge in [-0.25, -0.2) is 9.59 Å². The van der Waals surface area contributed by atoms with Gasteiger partial charge in [0.05, 0.1) is 5.54 Å². The van der Waals surface area contributed by atoms with Crippen molar-refractivity contribution in [1.82, 2.24) is 9.96 Å². The van der Waals surface area contributed by atoms with Gasteiger partial charge in [-0.05, 0) is 75.2 Å². The molecule has 2 aromatic carbocycles. The highest BCUT2D eigenvalue weighted by molar-refractivity contribution is 6.31. The minimum atomic E-state index is -0.958. The summed E-state index contributed by atoms with van der Waals surface area (Å²) in [7, 11) is 0. The molecule has 2 aromatic rings. The topological polar surface area (TPSA) is 76.1 Å². The van der Waals surface area contributed by atoms with Gasteiger partial charge in [0.2, 0.25) is 0 Å². The molecule has 0 aromatic heterocycles. The third-order valence-corrected chi connectivity index (χ3v) is 6.99. The van der Waals surface area contributed by atoms with Crippen LogP contribution in [0, 0.1) is 0 Å². The van der Waals surface area contributed by atoms with Crippen molar-refractivity contribution in [1.29, 1.82) is 0 Å². The van der Waals surface area contributed by atoms with Crippen molar-refractivity contribution in [2.24, 2.45) is 0 Å². The number of nitrogens with zero attached hydrogens (tertiary/aromatic N) is 3. The maximum atomic E-state index is 13.8. The first-order valence-electron chi connectivity index (χ1n) is 11.1. The lowest BCUT2D eigenvalue weighted by atomic mass is 9.90. The van der Waals surface area contributed by atoms with Gasteiger partial charge in [0, 0.05) is 27.5 Å². The normalized spacial score (nSPS) is 20.8.